The zero-order valence-corrected chi connectivity index (χ0v) is 13.7. The van der Waals surface area contributed by atoms with Crippen molar-refractivity contribution in [1.29, 1.82) is 0 Å². The Bertz CT molecular complexity index is 614. The van der Waals surface area contributed by atoms with Gasteiger partial charge in [-0.2, -0.15) is 0 Å². The van der Waals surface area contributed by atoms with Gasteiger partial charge in [-0.25, -0.2) is 8.42 Å². The van der Waals surface area contributed by atoms with E-state index >= 15 is 0 Å². The predicted octanol–water partition coefficient (Wildman–Crippen LogP) is 2.35. The molecule has 0 saturated carbocycles. The first kappa shape index (κ1) is 16.0. The van der Waals surface area contributed by atoms with Crippen molar-refractivity contribution in [1.82, 2.24) is 4.90 Å². The summed E-state index contributed by atoms with van der Waals surface area (Å²) in [4.78, 5) is 14.5. The molecule has 0 N–H and O–H groups in total. The number of hydrogen-bond donors (Lipinski definition) is 0. The van der Waals surface area contributed by atoms with E-state index in [9.17, 15) is 13.2 Å². The molecule has 1 fully saturated rings. The van der Waals surface area contributed by atoms with Crippen LogP contribution in [-0.4, -0.2) is 38.6 Å². The molecule has 116 valence electrons. The van der Waals surface area contributed by atoms with E-state index < -0.39 is 9.84 Å². The van der Waals surface area contributed by atoms with Crippen LogP contribution in [0.25, 0.3) is 0 Å². The Morgan fingerprint density at radius 1 is 1.24 bits per heavy atom. The fraction of sp³-hybridized carbons (Fsp3) is 0.562. The molecule has 1 saturated heterocycles. The van der Waals surface area contributed by atoms with Crippen LogP contribution >= 0.6 is 0 Å². The molecule has 2 unspecified atom stereocenters. The summed E-state index contributed by atoms with van der Waals surface area (Å²) in [6.45, 7) is 5.88. The van der Waals surface area contributed by atoms with Crippen LogP contribution in [0.15, 0.2) is 24.3 Å². The van der Waals surface area contributed by atoms with Crippen LogP contribution in [0, 0.1) is 11.8 Å². The van der Waals surface area contributed by atoms with Crippen LogP contribution in [-0.2, 0) is 15.6 Å². The maximum Gasteiger partial charge on any atom is 0.253 e. The number of piperidine rings is 1. The van der Waals surface area contributed by atoms with Gasteiger partial charge in [0.15, 0.2) is 9.84 Å². The Morgan fingerprint density at radius 3 is 2.43 bits per heavy atom. The zero-order valence-electron chi connectivity index (χ0n) is 12.9. The topological polar surface area (TPSA) is 54.5 Å². The second kappa shape index (κ2) is 6.18. The van der Waals surface area contributed by atoms with E-state index in [2.05, 4.69) is 13.8 Å². The van der Waals surface area contributed by atoms with Crippen LogP contribution in [0.4, 0.5) is 0 Å². The largest absolute Gasteiger partial charge is 0.338 e. The molecule has 4 nitrogen and oxygen atoms in total. The molecule has 2 rings (SSSR count). The molecule has 0 aliphatic carbocycles. The Balaban J connectivity index is 2.17. The SMILES string of the molecule is CC1CC(C)CN(C(=O)c2cccc(CS(C)(=O)=O)c2)C1. The van der Waals surface area contributed by atoms with E-state index in [1.165, 1.54) is 6.26 Å². The number of amides is 1. The first-order chi connectivity index (χ1) is 9.74. The number of carbonyl (C=O) groups excluding carboxylic acids is 1. The lowest BCUT2D eigenvalue weighted by atomic mass is 9.91. The van der Waals surface area contributed by atoms with Gasteiger partial charge >= 0.3 is 0 Å². The van der Waals surface area contributed by atoms with E-state index in [0.717, 1.165) is 19.5 Å². The highest BCUT2D eigenvalue weighted by atomic mass is 32.2. The average molecular weight is 309 g/mol. The van der Waals surface area contributed by atoms with E-state index in [0.29, 0.717) is 23.0 Å². The smallest absolute Gasteiger partial charge is 0.253 e. The van der Waals surface area contributed by atoms with Crippen molar-refractivity contribution in [3.05, 3.63) is 35.4 Å². The van der Waals surface area contributed by atoms with Gasteiger partial charge in [0.2, 0.25) is 0 Å². The Kier molecular flexibility index (Phi) is 4.71. The van der Waals surface area contributed by atoms with Gasteiger partial charge in [0.1, 0.15) is 0 Å². The summed E-state index contributed by atoms with van der Waals surface area (Å²) in [5.74, 6) is 0.999. The summed E-state index contributed by atoms with van der Waals surface area (Å²) in [7, 11) is -3.09. The van der Waals surface area contributed by atoms with E-state index in [-0.39, 0.29) is 11.7 Å². The van der Waals surface area contributed by atoms with Gasteiger partial charge in [-0.3, -0.25) is 4.79 Å². The van der Waals surface area contributed by atoms with Crippen molar-refractivity contribution < 1.29 is 13.2 Å². The second-order valence-corrected chi connectivity index (χ2v) is 8.57. The Hall–Kier alpha value is -1.36. The highest BCUT2D eigenvalue weighted by Gasteiger charge is 2.26. The molecule has 1 aliphatic heterocycles. The van der Waals surface area contributed by atoms with Gasteiger partial charge < -0.3 is 4.90 Å². The van der Waals surface area contributed by atoms with E-state index in [1.54, 1.807) is 24.3 Å². The van der Waals surface area contributed by atoms with E-state index in [4.69, 9.17) is 0 Å². The van der Waals surface area contributed by atoms with Crippen LogP contribution in [0.2, 0.25) is 0 Å². The number of sulfone groups is 1. The van der Waals surface area contributed by atoms with Gasteiger partial charge in [-0.15, -0.1) is 0 Å². The standard InChI is InChI=1S/C16H23NO3S/c1-12-7-13(2)10-17(9-12)16(18)15-6-4-5-14(8-15)11-21(3,19)20/h4-6,8,12-13H,7,9-11H2,1-3H3. The summed E-state index contributed by atoms with van der Waals surface area (Å²) < 4.78 is 22.7. The minimum atomic E-state index is -3.09. The highest BCUT2D eigenvalue weighted by Crippen LogP contribution is 2.22. The number of carbonyl (C=O) groups is 1. The number of nitrogens with zero attached hydrogens (tertiary/aromatic N) is 1. The zero-order chi connectivity index (χ0) is 15.6. The number of rotatable bonds is 3. The predicted molar refractivity (Wildman–Crippen MR) is 83.8 cm³/mol. The molecular weight excluding hydrogens is 286 g/mol. The van der Waals surface area contributed by atoms with Gasteiger partial charge in [-0.1, -0.05) is 26.0 Å². The molecule has 1 heterocycles. The third kappa shape index (κ3) is 4.56. The Labute approximate surface area is 127 Å². The lowest BCUT2D eigenvalue weighted by Crippen LogP contribution is -2.42. The van der Waals surface area contributed by atoms with Crippen LogP contribution in [0.5, 0.6) is 0 Å². The van der Waals surface area contributed by atoms with Crippen molar-refractivity contribution in [2.75, 3.05) is 19.3 Å². The molecule has 21 heavy (non-hydrogen) atoms. The minimum Gasteiger partial charge on any atom is -0.338 e. The second-order valence-electron chi connectivity index (χ2n) is 6.43. The first-order valence-electron chi connectivity index (χ1n) is 7.30. The maximum absolute atomic E-state index is 12.6. The van der Waals surface area contributed by atoms with Gasteiger partial charge in [0, 0.05) is 24.9 Å². The normalized spacial score (nSPS) is 23.1. The third-order valence-corrected chi connectivity index (χ3v) is 4.62. The van der Waals surface area contributed by atoms with Crippen molar-refractivity contribution >= 4 is 15.7 Å². The van der Waals surface area contributed by atoms with Gasteiger partial charge in [0.05, 0.1) is 5.75 Å². The average Bonchev–Trinajstić information content (AvgIpc) is 2.35. The molecule has 1 aromatic carbocycles. The lowest BCUT2D eigenvalue weighted by molar-refractivity contribution is 0.0623. The molecule has 0 radical (unpaired) electrons. The van der Waals surface area contributed by atoms with Crippen molar-refractivity contribution in [3.63, 3.8) is 0 Å². The third-order valence-electron chi connectivity index (χ3n) is 3.76. The van der Waals surface area contributed by atoms with Crippen molar-refractivity contribution in [2.24, 2.45) is 11.8 Å². The summed E-state index contributed by atoms with van der Waals surface area (Å²) >= 11 is 0. The fourth-order valence-corrected chi connectivity index (χ4v) is 3.89. The molecule has 1 aromatic rings. The monoisotopic (exact) mass is 309 g/mol. The summed E-state index contributed by atoms with van der Waals surface area (Å²) in [5.41, 5.74) is 1.25. The molecule has 1 amide bonds. The van der Waals surface area contributed by atoms with Gasteiger partial charge in [-0.05, 0) is 36.0 Å². The van der Waals surface area contributed by atoms with Crippen LogP contribution in [0.3, 0.4) is 0 Å². The number of likely N-dealkylation sites (tertiary alicyclic amines) is 1. The molecule has 5 heteroatoms. The summed E-state index contributed by atoms with van der Waals surface area (Å²) in [5, 5.41) is 0. The van der Waals surface area contributed by atoms with Crippen LogP contribution in [0.1, 0.15) is 36.2 Å². The minimum absolute atomic E-state index is 0.00347. The van der Waals surface area contributed by atoms with Crippen LogP contribution < -0.4 is 0 Å². The highest BCUT2D eigenvalue weighted by molar-refractivity contribution is 7.89. The van der Waals surface area contributed by atoms with Gasteiger partial charge in [0.25, 0.3) is 5.91 Å². The quantitative estimate of drug-likeness (QED) is 0.861. The number of benzene rings is 1. The van der Waals surface area contributed by atoms with Crippen molar-refractivity contribution in [2.45, 2.75) is 26.0 Å². The fourth-order valence-electron chi connectivity index (χ4n) is 3.11. The molecule has 1 aliphatic rings. The molecule has 2 atom stereocenters. The Morgan fingerprint density at radius 2 is 1.86 bits per heavy atom. The molecule has 0 spiro atoms. The number of hydrogen-bond acceptors (Lipinski definition) is 3. The first-order valence-corrected chi connectivity index (χ1v) is 9.36. The van der Waals surface area contributed by atoms with Crippen molar-refractivity contribution in [3.8, 4) is 0 Å². The summed E-state index contributed by atoms with van der Waals surface area (Å²) in [6, 6.07) is 6.97. The summed E-state index contributed by atoms with van der Waals surface area (Å²) in [6.07, 6.45) is 2.35. The molecule has 0 bridgehead atoms. The molecule has 0 aromatic heterocycles. The molecular formula is C16H23NO3S. The maximum atomic E-state index is 12.6. The lowest BCUT2D eigenvalue weighted by Gasteiger charge is -2.35. The van der Waals surface area contributed by atoms with E-state index in [1.807, 2.05) is 4.90 Å².